The molecule has 0 fully saturated rings. The van der Waals surface area contributed by atoms with Crippen LogP contribution in [0.2, 0.25) is 0 Å². The highest BCUT2D eigenvalue weighted by atomic mass is 32.2. The highest BCUT2D eigenvalue weighted by Gasteiger charge is 2.13. The molecule has 2 heterocycles. The first-order chi connectivity index (χ1) is 23.3. The predicted octanol–water partition coefficient (Wildman–Crippen LogP) is 16.7. The van der Waals surface area contributed by atoms with Crippen LogP contribution in [-0.4, -0.2) is 0 Å². The number of aryl methyl sites for hydroxylation is 1. The summed E-state index contributed by atoms with van der Waals surface area (Å²) in [7, 11) is 0.525. The van der Waals surface area contributed by atoms with Crippen molar-refractivity contribution in [2.75, 3.05) is 0 Å². The van der Waals surface area contributed by atoms with Crippen molar-refractivity contribution in [2.45, 2.75) is 83.1 Å². The lowest BCUT2D eigenvalue weighted by Gasteiger charge is -1.92. The van der Waals surface area contributed by atoms with Crippen molar-refractivity contribution in [2.24, 2.45) is 6.26 Å². The molecule has 0 aliphatic rings. The molecule has 254 valence electrons. The molecular weight excluding hydrogens is 605 g/mol. The van der Waals surface area contributed by atoms with Gasteiger partial charge in [0.25, 0.3) is 0 Å². The minimum atomic E-state index is 0.154. The fourth-order valence-corrected chi connectivity index (χ4v) is 7.30. The summed E-state index contributed by atoms with van der Waals surface area (Å²) in [6, 6.07) is 49.0. The molecule has 7 rings (SSSR count). The van der Waals surface area contributed by atoms with Crippen LogP contribution in [-0.2, 0) is 6.26 Å². The third-order valence-electron chi connectivity index (χ3n) is 5.91. The van der Waals surface area contributed by atoms with Crippen LogP contribution < -0.4 is 0 Å². The zero-order valence-electron chi connectivity index (χ0n) is 31.8. The number of benzene rings is 5. The lowest BCUT2D eigenvalue weighted by atomic mass is 10.1. The van der Waals surface area contributed by atoms with E-state index in [2.05, 4.69) is 157 Å². The molecule has 0 radical (unpaired) electrons. The van der Waals surface area contributed by atoms with Gasteiger partial charge in [-0.2, -0.15) is 0 Å². The summed E-state index contributed by atoms with van der Waals surface area (Å²) in [4.78, 5) is 1.40. The molecule has 0 saturated carbocycles. The fraction of sp³-hybridized carbons (Fsp3) is 0.289. The van der Waals surface area contributed by atoms with Crippen molar-refractivity contribution in [1.82, 2.24) is 0 Å². The van der Waals surface area contributed by atoms with Crippen LogP contribution in [0.3, 0.4) is 0 Å². The van der Waals surface area contributed by atoms with E-state index in [1.807, 2.05) is 83.1 Å². The van der Waals surface area contributed by atoms with E-state index in [1.165, 1.54) is 35.8 Å². The highest BCUT2D eigenvalue weighted by molar-refractivity contribution is 7.43. The molecule has 47 heavy (non-hydrogen) atoms. The van der Waals surface area contributed by atoms with Gasteiger partial charge in [0.1, 0.15) is 17.0 Å². The van der Waals surface area contributed by atoms with Crippen molar-refractivity contribution >= 4 is 51.9 Å². The van der Waals surface area contributed by atoms with Crippen LogP contribution in [0.15, 0.2) is 150 Å². The Kier molecular flexibility index (Phi) is 29.9. The molecule has 0 nitrogen and oxygen atoms in total. The number of thiophene rings is 2. The normalized spacial score (nSPS) is 9.30. The summed E-state index contributed by atoms with van der Waals surface area (Å²) in [6.45, 7) is 24.0. The average Bonchev–Trinajstić information content (AvgIpc) is 3.81. The van der Waals surface area contributed by atoms with E-state index in [1.54, 1.807) is 0 Å². The topological polar surface area (TPSA) is 0 Å². The Labute approximate surface area is 295 Å². The molecule has 2 atom stereocenters. The number of fused-ring (bicyclic) bond motifs is 3. The smallest absolute Gasteiger partial charge is 0.0683 e. The molecule has 0 aliphatic heterocycles. The largest absolute Gasteiger partial charge is 0.186 e. The van der Waals surface area contributed by atoms with Gasteiger partial charge in [-0.3, -0.25) is 0 Å². The molecule has 2 aromatic heterocycles. The lowest BCUT2D eigenvalue weighted by molar-refractivity contribution is 1.50. The average molecular weight is 669 g/mol. The Balaban J connectivity index is 0. The second kappa shape index (κ2) is 30.9. The molecule has 0 saturated heterocycles. The van der Waals surface area contributed by atoms with Crippen LogP contribution >= 0.6 is 20.9 Å². The van der Waals surface area contributed by atoms with Gasteiger partial charge in [-0.15, -0.1) is 0 Å². The van der Waals surface area contributed by atoms with E-state index in [0.717, 1.165) is 0 Å². The maximum absolute atomic E-state index is 2.31. The van der Waals surface area contributed by atoms with Gasteiger partial charge in [0.15, 0.2) is 14.3 Å². The first kappa shape index (κ1) is 45.4. The van der Waals surface area contributed by atoms with Gasteiger partial charge in [-0.1, -0.05) is 174 Å². The van der Waals surface area contributed by atoms with Crippen LogP contribution in [0.1, 0.15) is 83.1 Å². The van der Waals surface area contributed by atoms with E-state index in [0.29, 0.717) is 10.5 Å². The monoisotopic (exact) mass is 668 g/mol. The molecule has 2 heteroatoms. The number of hydrogen-bond acceptors (Lipinski definition) is 0. The summed E-state index contributed by atoms with van der Waals surface area (Å²) in [6.07, 6.45) is 2.25. The van der Waals surface area contributed by atoms with Crippen molar-refractivity contribution in [3.8, 4) is 4.90 Å². The standard InChI is InChI=1S/C14H11S.C10H8.C9H9S.6C2H6/c1-2-7-13(8-3-1)15-11-10-12-6-4-5-9-14(12)15;1-2-6-10-8-4-3-7-9(10)5-1;1-10-7-6-8-4-2-3-5-9(8)10;6*1-2/h1-11H;1-8H;2-7H,1H3;6*1-2H3/q+1;;+1;;;;;;. The summed E-state index contributed by atoms with van der Waals surface area (Å²) in [5, 5.41) is 9.96. The second-order valence-electron chi connectivity index (χ2n) is 8.24. The van der Waals surface area contributed by atoms with Crippen LogP contribution in [0.5, 0.6) is 0 Å². The SMILES string of the molecule is CC.CC.CC.CC.CC.CC.C[s+]1ccc2ccccc21.c1ccc(-[s+]2ccc3ccccc32)cc1.c1ccc2ccccc2c1. The van der Waals surface area contributed by atoms with E-state index < -0.39 is 0 Å². The third-order valence-corrected chi connectivity index (χ3v) is 9.56. The molecule has 5 aromatic carbocycles. The molecule has 0 aliphatic carbocycles. The van der Waals surface area contributed by atoms with Crippen molar-refractivity contribution in [3.63, 3.8) is 0 Å². The highest BCUT2D eigenvalue weighted by Crippen LogP contribution is 2.39. The van der Waals surface area contributed by atoms with Crippen LogP contribution in [0.25, 0.3) is 35.8 Å². The second-order valence-corrected chi connectivity index (χ2v) is 11.9. The molecule has 2 unspecified atom stereocenters. The summed E-state index contributed by atoms with van der Waals surface area (Å²) < 4.78 is 2.94. The molecule has 0 N–H and O–H groups in total. The Morgan fingerprint density at radius 2 is 0.617 bits per heavy atom. The molecule has 7 aromatic rings. The zero-order chi connectivity index (χ0) is 35.9. The lowest BCUT2D eigenvalue weighted by Crippen LogP contribution is -1.67. The van der Waals surface area contributed by atoms with Crippen molar-refractivity contribution in [1.29, 1.82) is 0 Å². The minimum absolute atomic E-state index is 0.154. The van der Waals surface area contributed by atoms with Gasteiger partial charge >= 0.3 is 0 Å². The number of hydrogen-bond donors (Lipinski definition) is 0. The molecule has 0 spiro atoms. The predicted molar refractivity (Wildman–Crippen MR) is 227 cm³/mol. The van der Waals surface area contributed by atoms with Crippen LogP contribution in [0.4, 0.5) is 0 Å². The van der Waals surface area contributed by atoms with E-state index in [9.17, 15) is 0 Å². The summed E-state index contributed by atoms with van der Waals surface area (Å²) >= 11 is 0. The maximum atomic E-state index is 2.31. The Bertz CT molecular complexity index is 1590. The Morgan fingerprint density at radius 1 is 0.298 bits per heavy atom. The first-order valence-electron chi connectivity index (χ1n) is 17.7. The first-order valence-corrected chi connectivity index (χ1v) is 20.7. The van der Waals surface area contributed by atoms with Crippen molar-refractivity contribution in [3.05, 3.63) is 150 Å². The quantitative estimate of drug-likeness (QED) is 0.153. The number of rotatable bonds is 1. The van der Waals surface area contributed by atoms with Gasteiger partial charge in [0.2, 0.25) is 0 Å². The Morgan fingerprint density at radius 3 is 1.04 bits per heavy atom. The molecule has 0 amide bonds. The summed E-state index contributed by atoms with van der Waals surface area (Å²) in [5.74, 6) is 0. The summed E-state index contributed by atoms with van der Waals surface area (Å²) in [5.41, 5.74) is 0. The van der Waals surface area contributed by atoms with Gasteiger partial charge in [0.05, 0.1) is 0 Å². The molecular formula is C45H64S2+2. The minimum Gasteiger partial charge on any atom is -0.0683 e. The fourth-order valence-electron chi connectivity index (χ4n) is 4.10. The van der Waals surface area contributed by atoms with E-state index in [4.69, 9.17) is 0 Å². The van der Waals surface area contributed by atoms with Gasteiger partial charge in [-0.25, -0.2) is 0 Å². The Hall–Kier alpha value is -3.72. The van der Waals surface area contributed by atoms with Crippen LogP contribution in [0, 0.1) is 0 Å². The molecule has 0 bridgehead atoms. The van der Waals surface area contributed by atoms with E-state index in [-0.39, 0.29) is 10.5 Å². The van der Waals surface area contributed by atoms with E-state index >= 15 is 0 Å². The van der Waals surface area contributed by atoms with Gasteiger partial charge in [0, 0.05) is 33.4 Å². The third kappa shape index (κ3) is 15.6. The zero-order valence-corrected chi connectivity index (χ0v) is 33.4. The van der Waals surface area contributed by atoms with Gasteiger partial charge < -0.3 is 0 Å². The van der Waals surface area contributed by atoms with Gasteiger partial charge in [-0.05, 0) is 57.6 Å². The maximum Gasteiger partial charge on any atom is 0.186 e. The van der Waals surface area contributed by atoms with Crippen molar-refractivity contribution < 1.29 is 0 Å².